The van der Waals surface area contributed by atoms with Gasteiger partial charge in [0, 0.05) is 48.9 Å². The number of nitrogens with zero attached hydrogens (tertiary/aromatic N) is 3. The summed E-state index contributed by atoms with van der Waals surface area (Å²) in [5.41, 5.74) is 9.09. The molecule has 4 aromatic rings. The van der Waals surface area contributed by atoms with Crippen LogP contribution in [0.25, 0.3) is 22.4 Å². The van der Waals surface area contributed by atoms with E-state index in [4.69, 9.17) is 4.74 Å². The van der Waals surface area contributed by atoms with Crippen LogP contribution in [-0.2, 0) is 9.53 Å². The molecule has 3 N–H and O–H groups in total. The molecule has 10 heteroatoms. The van der Waals surface area contributed by atoms with E-state index in [2.05, 4.69) is 50.3 Å². The number of methoxy groups -OCH3 is 1. The molecule has 186 valence electrons. The lowest BCUT2D eigenvalue weighted by molar-refractivity contribution is -0.119. The minimum Gasteiger partial charge on any atom is -0.382 e. The van der Waals surface area contributed by atoms with E-state index in [1.807, 2.05) is 31.4 Å². The molecule has 36 heavy (non-hydrogen) atoms. The minimum absolute atomic E-state index is 0.0232. The van der Waals surface area contributed by atoms with Gasteiger partial charge in [-0.25, -0.2) is 4.98 Å². The van der Waals surface area contributed by atoms with Gasteiger partial charge < -0.3 is 20.8 Å². The fourth-order valence-corrected chi connectivity index (χ4v) is 4.50. The van der Waals surface area contributed by atoms with E-state index in [1.165, 1.54) is 18.4 Å². The summed E-state index contributed by atoms with van der Waals surface area (Å²) in [4.78, 5) is 34.6. The van der Waals surface area contributed by atoms with Crippen LogP contribution in [0, 0.1) is 13.8 Å². The summed E-state index contributed by atoms with van der Waals surface area (Å²) in [5.74, 6) is -0.782. The van der Waals surface area contributed by atoms with E-state index >= 15 is 0 Å². The van der Waals surface area contributed by atoms with Crippen LogP contribution in [0.5, 0.6) is 0 Å². The molecule has 9 nitrogen and oxygen atoms in total. The van der Waals surface area contributed by atoms with Crippen molar-refractivity contribution in [1.82, 2.24) is 20.0 Å². The van der Waals surface area contributed by atoms with Gasteiger partial charge in [0.2, 0.25) is 0 Å². The first kappa shape index (κ1) is 25.1. The molecule has 4 rings (SSSR count). The fraction of sp³-hybridized carbons (Fsp3) is 0.231. The summed E-state index contributed by atoms with van der Waals surface area (Å²) in [5, 5.41) is 7.85. The number of hydrogen-bond acceptors (Lipinski definition) is 7. The van der Waals surface area contributed by atoms with Crippen LogP contribution in [0.3, 0.4) is 0 Å². The number of carbonyl (C=O) groups excluding carboxylic acids is 2. The molecule has 0 aliphatic heterocycles. The number of ether oxygens (including phenoxy) is 1. The first-order chi connectivity index (χ1) is 17.4. The number of aromatic nitrogens is 3. The summed E-state index contributed by atoms with van der Waals surface area (Å²) in [6, 6.07) is 13.0. The predicted octanol–water partition coefficient (Wildman–Crippen LogP) is 3.85. The number of benzene rings is 1. The number of amides is 2. The normalized spacial score (nSPS) is 11.7. The highest BCUT2D eigenvalue weighted by molar-refractivity contribution is 7.14. The molecule has 1 atom stereocenters. The Morgan fingerprint density at radius 3 is 2.50 bits per heavy atom. The Balaban J connectivity index is 1.47. The lowest BCUT2D eigenvalue weighted by atomic mass is 10.0. The van der Waals surface area contributed by atoms with Crippen molar-refractivity contribution in [3.05, 3.63) is 77.2 Å². The highest BCUT2D eigenvalue weighted by Gasteiger charge is 2.23. The Hall–Kier alpha value is -4.02. The fourth-order valence-electron chi connectivity index (χ4n) is 3.78. The highest BCUT2D eigenvalue weighted by atomic mass is 32.1. The Morgan fingerprint density at radius 1 is 1.06 bits per heavy atom. The van der Waals surface area contributed by atoms with Crippen LogP contribution in [0.1, 0.15) is 21.7 Å². The minimum atomic E-state index is -0.880. The third kappa shape index (κ3) is 5.96. The van der Waals surface area contributed by atoms with Crippen molar-refractivity contribution in [1.29, 1.82) is 0 Å². The first-order valence-electron chi connectivity index (χ1n) is 11.3. The van der Waals surface area contributed by atoms with Crippen molar-refractivity contribution in [3.63, 3.8) is 0 Å². The molecule has 3 aromatic heterocycles. The molecule has 3 heterocycles. The molecule has 0 aliphatic carbocycles. The SMILES string of the molecule is CNn1ccc(C(=O)NC(COC)C(=O)Nc2nc(-c3cccc(-c4cc(C)nc(C)c4)c3)cs2)c1. The molecule has 1 aromatic carbocycles. The zero-order valence-electron chi connectivity index (χ0n) is 20.5. The van der Waals surface area contributed by atoms with E-state index in [0.29, 0.717) is 10.7 Å². The summed E-state index contributed by atoms with van der Waals surface area (Å²) in [6.07, 6.45) is 3.34. The van der Waals surface area contributed by atoms with Gasteiger partial charge in [-0.15, -0.1) is 11.3 Å². The monoisotopic (exact) mass is 504 g/mol. The molecule has 0 saturated carbocycles. The maximum absolute atomic E-state index is 12.9. The lowest BCUT2D eigenvalue weighted by Gasteiger charge is -2.16. The maximum atomic E-state index is 12.9. The first-order valence-corrected chi connectivity index (χ1v) is 12.2. The van der Waals surface area contributed by atoms with E-state index in [1.54, 1.807) is 30.2 Å². The van der Waals surface area contributed by atoms with Gasteiger partial charge >= 0.3 is 0 Å². The number of pyridine rings is 1. The average Bonchev–Trinajstić information content (AvgIpc) is 3.53. The Morgan fingerprint density at radius 2 is 1.81 bits per heavy atom. The highest BCUT2D eigenvalue weighted by Crippen LogP contribution is 2.29. The number of rotatable bonds is 9. The van der Waals surface area contributed by atoms with Gasteiger partial charge in [0.25, 0.3) is 11.8 Å². The van der Waals surface area contributed by atoms with Crippen molar-refractivity contribution < 1.29 is 14.3 Å². The topological polar surface area (TPSA) is 110 Å². The molecule has 1 unspecified atom stereocenters. The van der Waals surface area contributed by atoms with Crippen LogP contribution < -0.4 is 16.1 Å². The van der Waals surface area contributed by atoms with Crippen LogP contribution >= 0.6 is 11.3 Å². The van der Waals surface area contributed by atoms with Gasteiger partial charge in [-0.1, -0.05) is 18.2 Å². The van der Waals surface area contributed by atoms with Crippen LogP contribution in [0.2, 0.25) is 0 Å². The zero-order chi connectivity index (χ0) is 25.7. The lowest BCUT2D eigenvalue weighted by Crippen LogP contribution is -2.46. The largest absolute Gasteiger partial charge is 0.382 e. The average molecular weight is 505 g/mol. The van der Waals surface area contributed by atoms with Crippen molar-refractivity contribution >= 4 is 28.3 Å². The Kier molecular flexibility index (Phi) is 7.77. The number of carbonyl (C=O) groups is 2. The van der Waals surface area contributed by atoms with E-state index in [0.717, 1.165) is 33.8 Å². The zero-order valence-corrected chi connectivity index (χ0v) is 21.3. The predicted molar refractivity (Wildman–Crippen MR) is 142 cm³/mol. The molecule has 0 saturated heterocycles. The van der Waals surface area contributed by atoms with Gasteiger partial charge in [0.1, 0.15) is 6.04 Å². The van der Waals surface area contributed by atoms with Gasteiger partial charge in [0.05, 0.1) is 17.9 Å². The molecule has 0 radical (unpaired) electrons. The van der Waals surface area contributed by atoms with Crippen molar-refractivity contribution in [2.24, 2.45) is 0 Å². The standard InChI is InChI=1S/C26H28N6O3S/c1-16-10-21(11-17(2)28-16)18-6-5-7-19(12-18)23-15-36-26(30-23)31-25(34)22(14-35-4)29-24(33)20-8-9-32(13-20)27-3/h5-13,15,22,27H,14H2,1-4H3,(H,29,33)(H,30,31,34). The third-order valence-corrected chi connectivity index (χ3v) is 6.23. The molecule has 0 bridgehead atoms. The molecular formula is C26H28N6O3S. The number of nitrogens with one attached hydrogen (secondary N) is 3. The van der Waals surface area contributed by atoms with Crippen molar-refractivity contribution in [2.75, 3.05) is 31.5 Å². The van der Waals surface area contributed by atoms with Gasteiger partial charge in [-0.05, 0) is 49.2 Å². The van der Waals surface area contributed by atoms with Gasteiger partial charge in [-0.2, -0.15) is 0 Å². The van der Waals surface area contributed by atoms with Crippen LogP contribution in [-0.4, -0.2) is 53.3 Å². The molecule has 0 spiro atoms. The summed E-state index contributed by atoms with van der Waals surface area (Å²) in [7, 11) is 3.21. The molecule has 0 fully saturated rings. The maximum Gasteiger partial charge on any atom is 0.253 e. The number of hydrogen-bond donors (Lipinski definition) is 3. The van der Waals surface area contributed by atoms with E-state index in [9.17, 15) is 9.59 Å². The Labute approximate surface area is 213 Å². The third-order valence-electron chi connectivity index (χ3n) is 5.48. The van der Waals surface area contributed by atoms with Gasteiger partial charge in [0.15, 0.2) is 5.13 Å². The van der Waals surface area contributed by atoms with Gasteiger partial charge in [-0.3, -0.25) is 19.2 Å². The van der Waals surface area contributed by atoms with Crippen molar-refractivity contribution in [3.8, 4) is 22.4 Å². The molecule has 2 amide bonds. The number of thiazole rings is 1. The number of anilines is 1. The quantitative estimate of drug-likeness (QED) is 0.319. The van der Waals surface area contributed by atoms with E-state index in [-0.39, 0.29) is 12.5 Å². The Bertz CT molecular complexity index is 1360. The van der Waals surface area contributed by atoms with Crippen LogP contribution in [0.4, 0.5) is 5.13 Å². The second-order valence-electron chi connectivity index (χ2n) is 8.26. The molecular weight excluding hydrogens is 476 g/mol. The second-order valence-corrected chi connectivity index (χ2v) is 9.12. The summed E-state index contributed by atoms with van der Waals surface area (Å²) < 4.78 is 6.80. The summed E-state index contributed by atoms with van der Waals surface area (Å²) in [6.45, 7) is 3.98. The smallest absolute Gasteiger partial charge is 0.253 e. The van der Waals surface area contributed by atoms with Crippen LogP contribution in [0.15, 0.2) is 60.2 Å². The second kappa shape index (κ2) is 11.1. The number of aryl methyl sites for hydroxylation is 2. The summed E-state index contributed by atoms with van der Waals surface area (Å²) >= 11 is 1.32. The van der Waals surface area contributed by atoms with E-state index < -0.39 is 11.9 Å². The van der Waals surface area contributed by atoms with Crippen molar-refractivity contribution in [2.45, 2.75) is 19.9 Å². The molecule has 0 aliphatic rings.